The highest BCUT2D eigenvalue weighted by atomic mass is 16.4. The normalized spacial score (nSPS) is 25.8. The predicted octanol–water partition coefficient (Wildman–Crippen LogP) is 4.87. The molecule has 27 heavy (non-hydrogen) atoms. The highest BCUT2D eigenvalue weighted by Crippen LogP contribution is 2.43. The van der Waals surface area contributed by atoms with Crippen LogP contribution in [-0.4, -0.2) is 47.2 Å². The van der Waals surface area contributed by atoms with Crippen molar-refractivity contribution in [3.8, 4) is 0 Å². The lowest BCUT2D eigenvalue weighted by molar-refractivity contribution is 0.153. The van der Waals surface area contributed by atoms with Gasteiger partial charge in [-0.3, -0.25) is 4.90 Å². The molecule has 2 fully saturated rings. The van der Waals surface area contributed by atoms with Crippen molar-refractivity contribution < 1.29 is 9.90 Å². The summed E-state index contributed by atoms with van der Waals surface area (Å²) in [5.41, 5.74) is 4.14. The molecule has 4 nitrogen and oxygen atoms in total. The number of hydrogen-bond acceptors (Lipinski definition) is 2. The third-order valence-corrected chi connectivity index (χ3v) is 7.34. The fraction of sp³-hybridized carbons (Fsp3) is 0.696. The summed E-state index contributed by atoms with van der Waals surface area (Å²) in [4.78, 5) is 15.4. The average Bonchev–Trinajstić information content (AvgIpc) is 3.11. The van der Waals surface area contributed by atoms with Gasteiger partial charge >= 0.3 is 6.09 Å². The molecule has 1 aliphatic heterocycles. The minimum atomic E-state index is -0.851. The van der Waals surface area contributed by atoms with Crippen LogP contribution in [0.4, 0.5) is 4.79 Å². The second-order valence-corrected chi connectivity index (χ2v) is 8.95. The van der Waals surface area contributed by atoms with Gasteiger partial charge in [-0.25, -0.2) is 4.79 Å². The van der Waals surface area contributed by atoms with Gasteiger partial charge in [-0.1, -0.05) is 50.3 Å². The van der Waals surface area contributed by atoms with Gasteiger partial charge in [0.25, 0.3) is 0 Å². The summed E-state index contributed by atoms with van der Waals surface area (Å²) in [7, 11) is 1.66. The summed E-state index contributed by atoms with van der Waals surface area (Å²) in [6, 6.07) is 7.26. The first-order valence-electron chi connectivity index (χ1n) is 10.9. The first kappa shape index (κ1) is 18.8. The maximum Gasteiger partial charge on any atom is 0.407 e. The lowest BCUT2D eigenvalue weighted by Crippen LogP contribution is -2.37. The second kappa shape index (κ2) is 8.22. The molecule has 0 bridgehead atoms. The molecule has 0 unspecified atom stereocenters. The van der Waals surface area contributed by atoms with Crippen LogP contribution in [0, 0.1) is 5.92 Å². The summed E-state index contributed by atoms with van der Waals surface area (Å²) in [5, 5.41) is 9.22. The van der Waals surface area contributed by atoms with Crippen LogP contribution < -0.4 is 0 Å². The molecule has 1 saturated carbocycles. The fourth-order valence-corrected chi connectivity index (χ4v) is 5.84. The van der Waals surface area contributed by atoms with Crippen molar-refractivity contribution in [1.29, 1.82) is 0 Å². The zero-order valence-corrected chi connectivity index (χ0v) is 16.7. The van der Waals surface area contributed by atoms with Crippen LogP contribution >= 0.6 is 0 Å². The highest BCUT2D eigenvalue weighted by Gasteiger charge is 2.39. The second-order valence-electron chi connectivity index (χ2n) is 8.95. The van der Waals surface area contributed by atoms with Gasteiger partial charge in [-0.2, -0.15) is 0 Å². The third-order valence-electron chi connectivity index (χ3n) is 7.34. The van der Waals surface area contributed by atoms with Crippen LogP contribution in [-0.2, 0) is 13.0 Å². The van der Waals surface area contributed by atoms with Crippen molar-refractivity contribution in [2.24, 2.45) is 5.92 Å². The molecule has 0 spiro atoms. The van der Waals surface area contributed by atoms with E-state index in [-0.39, 0.29) is 0 Å². The molecule has 2 atom stereocenters. The molecule has 0 aromatic heterocycles. The molecule has 1 amide bonds. The zero-order valence-electron chi connectivity index (χ0n) is 16.7. The Kier molecular flexibility index (Phi) is 5.72. The molecule has 1 heterocycles. The number of rotatable bonds is 5. The Bertz CT molecular complexity index is 668. The number of hydrogen-bond donors (Lipinski definition) is 1. The zero-order chi connectivity index (χ0) is 18.8. The number of carboxylic acid groups (broad SMARTS) is 1. The molecular weight excluding hydrogens is 336 g/mol. The number of likely N-dealkylation sites (tertiary alicyclic amines) is 1. The molecule has 2 aliphatic carbocycles. The van der Waals surface area contributed by atoms with Gasteiger partial charge in [-0.05, 0) is 61.4 Å². The van der Waals surface area contributed by atoms with Crippen LogP contribution in [0.25, 0.3) is 0 Å². The fourth-order valence-electron chi connectivity index (χ4n) is 5.84. The van der Waals surface area contributed by atoms with E-state index in [1.54, 1.807) is 7.05 Å². The third kappa shape index (κ3) is 4.01. The van der Waals surface area contributed by atoms with E-state index in [4.69, 9.17) is 0 Å². The van der Waals surface area contributed by atoms with E-state index in [1.807, 2.05) is 0 Å². The largest absolute Gasteiger partial charge is 0.465 e. The van der Waals surface area contributed by atoms with Crippen LogP contribution in [0.5, 0.6) is 0 Å². The maximum absolute atomic E-state index is 11.2. The quantitative estimate of drug-likeness (QED) is 0.804. The van der Waals surface area contributed by atoms with Crippen LogP contribution in [0.15, 0.2) is 18.2 Å². The topological polar surface area (TPSA) is 43.8 Å². The Hall–Kier alpha value is -1.55. The van der Waals surface area contributed by atoms with Gasteiger partial charge in [-0.15, -0.1) is 0 Å². The van der Waals surface area contributed by atoms with Crippen molar-refractivity contribution in [1.82, 2.24) is 9.80 Å². The number of benzene rings is 1. The number of fused-ring (bicyclic) bond motifs is 3. The molecule has 4 heteroatoms. The van der Waals surface area contributed by atoms with Crippen LogP contribution in [0.3, 0.4) is 0 Å². The Morgan fingerprint density at radius 1 is 1.19 bits per heavy atom. The number of nitrogens with zero attached hydrogens (tertiary/aromatic N) is 2. The average molecular weight is 371 g/mol. The molecule has 1 aromatic rings. The van der Waals surface area contributed by atoms with E-state index in [2.05, 4.69) is 23.1 Å². The monoisotopic (exact) mass is 370 g/mol. The molecular formula is C23H34N2O2. The lowest BCUT2D eigenvalue weighted by atomic mass is 9.77. The minimum Gasteiger partial charge on any atom is -0.465 e. The molecule has 1 saturated heterocycles. The molecule has 1 aromatic carbocycles. The first-order chi connectivity index (χ1) is 13.1. The van der Waals surface area contributed by atoms with Gasteiger partial charge in [0, 0.05) is 25.6 Å². The summed E-state index contributed by atoms with van der Waals surface area (Å²) < 4.78 is 0. The van der Waals surface area contributed by atoms with Gasteiger partial charge in [0.1, 0.15) is 0 Å². The summed E-state index contributed by atoms with van der Waals surface area (Å²) in [6.45, 7) is 3.02. The van der Waals surface area contributed by atoms with E-state index in [1.165, 1.54) is 86.0 Å². The number of amides is 1. The SMILES string of the molecule is CN(Cc1cccc2c1CC[C@H]1[C@H]2CCN1CCC1CCCCC1)C(=O)O. The Morgan fingerprint density at radius 3 is 2.78 bits per heavy atom. The van der Waals surface area contributed by atoms with Crippen LogP contribution in [0.2, 0.25) is 0 Å². The number of carbonyl (C=O) groups is 1. The summed E-state index contributed by atoms with van der Waals surface area (Å²) >= 11 is 0. The van der Waals surface area contributed by atoms with Gasteiger partial charge in [0.15, 0.2) is 0 Å². The minimum absolute atomic E-state index is 0.501. The summed E-state index contributed by atoms with van der Waals surface area (Å²) in [6.07, 6.45) is 11.4. The van der Waals surface area contributed by atoms with E-state index >= 15 is 0 Å². The Morgan fingerprint density at radius 2 is 2.00 bits per heavy atom. The van der Waals surface area contributed by atoms with Gasteiger partial charge in [0.05, 0.1) is 0 Å². The standard InChI is InChI=1S/C23H34N2O2/c1-24(23(26)27)16-18-8-5-9-20-19(18)10-11-22-21(20)13-15-25(22)14-12-17-6-3-2-4-7-17/h5,8-9,17,21-22H,2-4,6-7,10-16H2,1H3,(H,26,27)/t21-,22-/m0/s1. The van der Waals surface area contributed by atoms with Crippen LogP contribution in [0.1, 0.15) is 74.0 Å². The van der Waals surface area contributed by atoms with Crippen molar-refractivity contribution in [2.75, 3.05) is 20.1 Å². The molecule has 0 radical (unpaired) electrons. The van der Waals surface area contributed by atoms with Crippen molar-refractivity contribution >= 4 is 6.09 Å². The van der Waals surface area contributed by atoms with Gasteiger partial charge < -0.3 is 10.0 Å². The Labute approximate surface area is 163 Å². The molecule has 148 valence electrons. The Balaban J connectivity index is 1.43. The van der Waals surface area contributed by atoms with Crippen molar-refractivity contribution in [3.63, 3.8) is 0 Å². The highest BCUT2D eigenvalue weighted by molar-refractivity contribution is 5.64. The lowest BCUT2D eigenvalue weighted by Gasteiger charge is -2.35. The molecule has 1 N–H and O–H groups in total. The van der Waals surface area contributed by atoms with Gasteiger partial charge in [0.2, 0.25) is 0 Å². The maximum atomic E-state index is 11.2. The predicted molar refractivity (Wildman–Crippen MR) is 108 cm³/mol. The first-order valence-corrected chi connectivity index (χ1v) is 10.9. The summed E-state index contributed by atoms with van der Waals surface area (Å²) in [5.74, 6) is 1.61. The smallest absolute Gasteiger partial charge is 0.407 e. The van der Waals surface area contributed by atoms with E-state index in [0.717, 1.165) is 12.3 Å². The van der Waals surface area contributed by atoms with E-state index in [0.29, 0.717) is 18.5 Å². The molecule has 4 rings (SSSR count). The van der Waals surface area contributed by atoms with E-state index < -0.39 is 6.09 Å². The molecule has 3 aliphatic rings. The van der Waals surface area contributed by atoms with Crippen molar-refractivity contribution in [3.05, 3.63) is 34.9 Å². The van der Waals surface area contributed by atoms with Crippen molar-refractivity contribution in [2.45, 2.75) is 76.3 Å². The van der Waals surface area contributed by atoms with E-state index in [9.17, 15) is 9.90 Å².